The van der Waals surface area contributed by atoms with Crippen molar-refractivity contribution in [3.63, 3.8) is 0 Å². The molecule has 0 radical (unpaired) electrons. The summed E-state index contributed by atoms with van der Waals surface area (Å²) >= 11 is 0. The van der Waals surface area contributed by atoms with Gasteiger partial charge in [0.2, 0.25) is 5.91 Å². The number of allylic oxidation sites excluding steroid dienone is 1. The first kappa shape index (κ1) is 21.7. The molecule has 6 heteroatoms. The lowest BCUT2D eigenvalue weighted by molar-refractivity contribution is -0.126. The Hall–Kier alpha value is -2.18. The van der Waals surface area contributed by atoms with Gasteiger partial charge in [0.25, 0.3) is 5.91 Å². The maximum absolute atomic E-state index is 13.0. The molecule has 1 aromatic carbocycles. The van der Waals surface area contributed by atoms with Crippen molar-refractivity contribution in [1.82, 2.24) is 15.5 Å². The van der Waals surface area contributed by atoms with Gasteiger partial charge in [-0.05, 0) is 68.1 Å². The van der Waals surface area contributed by atoms with E-state index in [4.69, 9.17) is 4.74 Å². The molecule has 172 valence electrons. The third kappa shape index (κ3) is 4.48. The van der Waals surface area contributed by atoms with E-state index in [-0.39, 0.29) is 11.8 Å². The van der Waals surface area contributed by atoms with E-state index in [1.54, 1.807) is 4.90 Å². The zero-order valence-electron chi connectivity index (χ0n) is 18.9. The Morgan fingerprint density at radius 1 is 1.12 bits per heavy atom. The van der Waals surface area contributed by atoms with Crippen LogP contribution in [0.4, 0.5) is 0 Å². The molecule has 2 saturated heterocycles. The molecule has 3 heterocycles. The van der Waals surface area contributed by atoms with Crippen LogP contribution in [0.3, 0.4) is 0 Å². The third-order valence-corrected chi connectivity index (χ3v) is 7.72. The summed E-state index contributed by atoms with van der Waals surface area (Å²) in [6.07, 6.45) is 9.85. The lowest BCUT2D eigenvalue weighted by Gasteiger charge is -2.36. The first-order chi connectivity index (χ1) is 15.6. The van der Waals surface area contributed by atoms with Gasteiger partial charge in [-0.2, -0.15) is 0 Å². The summed E-state index contributed by atoms with van der Waals surface area (Å²) in [6.45, 7) is 6.11. The Bertz CT molecular complexity index is 892. The third-order valence-electron chi connectivity index (χ3n) is 7.72. The molecule has 1 aliphatic carbocycles. The van der Waals surface area contributed by atoms with Crippen LogP contribution in [0.5, 0.6) is 0 Å². The highest BCUT2D eigenvalue weighted by atomic mass is 16.5. The highest BCUT2D eigenvalue weighted by molar-refractivity contribution is 6.01. The van der Waals surface area contributed by atoms with Crippen molar-refractivity contribution in [1.29, 1.82) is 0 Å². The Balaban J connectivity index is 1.26. The van der Waals surface area contributed by atoms with E-state index >= 15 is 0 Å². The molecule has 0 bridgehead atoms. The number of carbonyl (C=O) groups excluding carboxylic acids is 2. The molecule has 4 atom stereocenters. The topological polar surface area (TPSA) is 70.7 Å². The van der Waals surface area contributed by atoms with Crippen molar-refractivity contribution in [3.8, 4) is 0 Å². The monoisotopic (exact) mass is 437 g/mol. The van der Waals surface area contributed by atoms with E-state index in [9.17, 15) is 9.59 Å². The number of amides is 2. The van der Waals surface area contributed by atoms with Crippen LogP contribution >= 0.6 is 0 Å². The van der Waals surface area contributed by atoms with Gasteiger partial charge in [-0.3, -0.25) is 9.59 Å². The van der Waals surface area contributed by atoms with Gasteiger partial charge in [-0.25, -0.2) is 0 Å². The summed E-state index contributed by atoms with van der Waals surface area (Å²) in [7, 11) is 0. The Morgan fingerprint density at radius 3 is 2.81 bits per heavy atom. The van der Waals surface area contributed by atoms with Gasteiger partial charge in [-0.1, -0.05) is 31.6 Å². The first-order valence-corrected chi connectivity index (χ1v) is 12.3. The number of nitrogens with one attached hydrogen (secondary N) is 2. The van der Waals surface area contributed by atoms with Crippen LogP contribution in [0, 0.1) is 5.92 Å². The zero-order valence-corrected chi connectivity index (χ0v) is 18.9. The summed E-state index contributed by atoms with van der Waals surface area (Å²) in [4.78, 5) is 27.2. The van der Waals surface area contributed by atoms with Gasteiger partial charge >= 0.3 is 0 Å². The van der Waals surface area contributed by atoms with E-state index in [1.165, 1.54) is 37.7 Å². The second-order valence-corrected chi connectivity index (χ2v) is 10.0. The van der Waals surface area contributed by atoms with Gasteiger partial charge in [-0.15, -0.1) is 0 Å². The second-order valence-electron chi connectivity index (χ2n) is 10.0. The molecule has 3 fully saturated rings. The standard InChI is InChI=1S/C26H35N3O3/c1-17-8-11-24(25(30)27-17)29-15-20-14-18(9-10-22(20)26(29)31)13-19-5-2-3-7-23(19)28-21-6-4-12-32-16-21/h9-10,14,19,21,23-24,28H,1-8,11-13,15-16H2,(H,27,30)/t19-,21-,23+,24?/m1/s1. The van der Waals surface area contributed by atoms with E-state index in [0.717, 1.165) is 49.3 Å². The van der Waals surface area contributed by atoms with Gasteiger partial charge < -0.3 is 20.3 Å². The van der Waals surface area contributed by atoms with Crippen LogP contribution in [0.15, 0.2) is 30.5 Å². The van der Waals surface area contributed by atoms with Crippen LogP contribution in [0.25, 0.3) is 0 Å². The number of piperidine rings is 1. The van der Waals surface area contributed by atoms with E-state index < -0.39 is 6.04 Å². The number of ether oxygens (including phenoxy) is 1. The highest BCUT2D eigenvalue weighted by Gasteiger charge is 2.38. The van der Waals surface area contributed by atoms with Crippen molar-refractivity contribution >= 4 is 11.8 Å². The van der Waals surface area contributed by atoms with Gasteiger partial charge in [0.05, 0.1) is 6.61 Å². The van der Waals surface area contributed by atoms with E-state index in [1.807, 2.05) is 6.07 Å². The van der Waals surface area contributed by atoms with Crippen molar-refractivity contribution in [2.24, 2.45) is 5.92 Å². The number of hydrogen-bond acceptors (Lipinski definition) is 4. The average molecular weight is 438 g/mol. The van der Waals surface area contributed by atoms with Gasteiger partial charge in [0, 0.05) is 36.5 Å². The lowest BCUT2D eigenvalue weighted by atomic mass is 9.80. The lowest BCUT2D eigenvalue weighted by Crippen LogP contribution is -2.49. The summed E-state index contributed by atoms with van der Waals surface area (Å²) in [5.74, 6) is 0.492. The Kier molecular flexibility index (Phi) is 6.33. The molecule has 2 N–H and O–H groups in total. The summed E-state index contributed by atoms with van der Waals surface area (Å²) in [5, 5.41) is 6.72. The number of carbonyl (C=O) groups is 2. The molecule has 32 heavy (non-hydrogen) atoms. The molecule has 5 rings (SSSR count). The average Bonchev–Trinajstić information content (AvgIpc) is 3.11. The number of nitrogens with zero attached hydrogens (tertiary/aromatic N) is 1. The molecule has 4 aliphatic rings. The molecular weight excluding hydrogens is 402 g/mol. The fourth-order valence-electron chi connectivity index (χ4n) is 5.98. The molecule has 0 aromatic heterocycles. The van der Waals surface area contributed by atoms with Crippen molar-refractivity contribution < 1.29 is 14.3 Å². The molecule has 1 aromatic rings. The predicted octanol–water partition coefficient (Wildman–Crippen LogP) is 3.30. The normalized spacial score (nSPS) is 30.9. The van der Waals surface area contributed by atoms with Crippen LogP contribution < -0.4 is 10.6 Å². The molecule has 1 saturated carbocycles. The van der Waals surface area contributed by atoms with E-state index in [2.05, 4.69) is 29.3 Å². The number of fused-ring (bicyclic) bond motifs is 1. The molecule has 3 aliphatic heterocycles. The maximum Gasteiger partial charge on any atom is 0.255 e. The predicted molar refractivity (Wildman–Crippen MR) is 123 cm³/mol. The van der Waals surface area contributed by atoms with Crippen molar-refractivity contribution in [3.05, 3.63) is 47.2 Å². The summed E-state index contributed by atoms with van der Waals surface area (Å²) in [6, 6.07) is 6.95. The van der Waals surface area contributed by atoms with Crippen LogP contribution in [-0.4, -0.2) is 48.1 Å². The minimum atomic E-state index is -0.395. The molecule has 0 spiro atoms. The summed E-state index contributed by atoms with van der Waals surface area (Å²) in [5.41, 5.74) is 3.86. The fourth-order valence-corrected chi connectivity index (χ4v) is 5.98. The summed E-state index contributed by atoms with van der Waals surface area (Å²) < 4.78 is 5.68. The SMILES string of the molecule is C=C1CCC(N2Cc3cc(C[C@H]4CCCC[C@@H]4N[C@@H]4CCCOC4)ccc3C2=O)C(=O)N1. The van der Waals surface area contributed by atoms with Crippen LogP contribution in [0.2, 0.25) is 0 Å². The Morgan fingerprint density at radius 2 is 2.00 bits per heavy atom. The quantitative estimate of drug-likeness (QED) is 0.742. The molecule has 2 amide bonds. The Labute approximate surface area is 190 Å². The number of rotatable bonds is 5. The molecule has 1 unspecified atom stereocenters. The minimum Gasteiger partial charge on any atom is -0.380 e. The van der Waals surface area contributed by atoms with Gasteiger partial charge in [0.15, 0.2) is 0 Å². The smallest absolute Gasteiger partial charge is 0.255 e. The van der Waals surface area contributed by atoms with Crippen molar-refractivity contribution in [2.75, 3.05) is 13.2 Å². The maximum atomic E-state index is 13.0. The molecular formula is C26H35N3O3. The van der Waals surface area contributed by atoms with Gasteiger partial charge in [0.1, 0.15) is 6.04 Å². The number of benzene rings is 1. The first-order valence-electron chi connectivity index (χ1n) is 12.3. The second kappa shape index (κ2) is 9.36. The number of hydrogen-bond donors (Lipinski definition) is 2. The fraction of sp³-hybridized carbons (Fsp3) is 0.615. The zero-order chi connectivity index (χ0) is 22.1. The van der Waals surface area contributed by atoms with Crippen LogP contribution in [0.1, 0.15) is 72.9 Å². The van der Waals surface area contributed by atoms with E-state index in [0.29, 0.717) is 31.0 Å². The molecule has 6 nitrogen and oxygen atoms in total. The van der Waals surface area contributed by atoms with Crippen LogP contribution in [-0.2, 0) is 22.5 Å². The minimum absolute atomic E-state index is 0.0197. The van der Waals surface area contributed by atoms with Crippen molar-refractivity contribution in [2.45, 2.75) is 82.5 Å². The largest absolute Gasteiger partial charge is 0.380 e. The highest BCUT2D eigenvalue weighted by Crippen LogP contribution is 2.32.